The van der Waals surface area contributed by atoms with Crippen molar-refractivity contribution in [1.29, 1.82) is 0 Å². The minimum atomic E-state index is -4.34. The van der Waals surface area contributed by atoms with E-state index in [-0.39, 0.29) is 24.0 Å². The van der Waals surface area contributed by atoms with E-state index in [0.29, 0.717) is 5.52 Å². The number of carbonyl (C=O) groups excluding carboxylic acids is 1. The largest absolute Gasteiger partial charge is 0.393 e. The van der Waals surface area contributed by atoms with Gasteiger partial charge in [-0.3, -0.25) is 14.7 Å². The third kappa shape index (κ3) is 2.44. The Labute approximate surface area is 122 Å². The summed E-state index contributed by atoms with van der Waals surface area (Å²) in [6, 6.07) is 6.51. The van der Waals surface area contributed by atoms with Gasteiger partial charge in [-0.15, -0.1) is 0 Å². The Balaban J connectivity index is 1.91. The summed E-state index contributed by atoms with van der Waals surface area (Å²) in [5.41, 5.74) is -0.477. The molecule has 0 spiro atoms. The van der Waals surface area contributed by atoms with Crippen LogP contribution < -0.4 is 5.43 Å². The molecule has 2 heterocycles. The summed E-state index contributed by atoms with van der Waals surface area (Å²) in [5, 5.41) is 6.60. The van der Waals surface area contributed by atoms with E-state index in [2.05, 4.69) is 10.2 Å². The first-order valence-corrected chi connectivity index (χ1v) is 6.71. The maximum Gasteiger partial charge on any atom is 0.393 e. The van der Waals surface area contributed by atoms with E-state index in [1.165, 1.54) is 6.07 Å². The summed E-state index contributed by atoms with van der Waals surface area (Å²) in [6.45, 7) is -0.465. The molecule has 1 aliphatic heterocycles. The van der Waals surface area contributed by atoms with Crippen molar-refractivity contribution in [3.63, 3.8) is 0 Å². The molecule has 0 aliphatic carbocycles. The summed E-state index contributed by atoms with van der Waals surface area (Å²) < 4.78 is 38.0. The molecule has 116 valence electrons. The molecule has 1 atom stereocenters. The lowest BCUT2D eigenvalue weighted by molar-refractivity contribution is -0.169. The highest BCUT2D eigenvalue weighted by Gasteiger charge is 2.45. The SMILES string of the molecule is O=C(c1n[nH]c2ccccc2c1=O)N1CCC(C(F)(F)F)C1. The van der Waals surface area contributed by atoms with Gasteiger partial charge in [0.2, 0.25) is 5.43 Å². The lowest BCUT2D eigenvalue weighted by atomic mass is 10.1. The second kappa shape index (κ2) is 5.11. The number of rotatable bonds is 1. The van der Waals surface area contributed by atoms with Gasteiger partial charge in [-0.25, -0.2) is 0 Å². The number of nitrogens with one attached hydrogen (secondary N) is 1. The highest BCUT2D eigenvalue weighted by Crippen LogP contribution is 2.33. The fraction of sp³-hybridized carbons (Fsp3) is 0.357. The van der Waals surface area contributed by atoms with E-state index in [1.54, 1.807) is 18.2 Å². The van der Waals surface area contributed by atoms with Crippen molar-refractivity contribution in [2.24, 2.45) is 5.92 Å². The third-order valence-corrected chi connectivity index (χ3v) is 3.82. The Bertz CT molecular complexity index is 785. The molecule has 1 aromatic carbocycles. The van der Waals surface area contributed by atoms with Crippen LogP contribution in [0.1, 0.15) is 16.9 Å². The summed E-state index contributed by atoms with van der Waals surface area (Å²) >= 11 is 0. The van der Waals surface area contributed by atoms with Crippen molar-refractivity contribution < 1.29 is 18.0 Å². The highest BCUT2D eigenvalue weighted by atomic mass is 19.4. The van der Waals surface area contributed by atoms with Gasteiger partial charge in [-0.2, -0.15) is 18.3 Å². The molecule has 22 heavy (non-hydrogen) atoms. The molecule has 3 rings (SSSR count). The normalized spacial score (nSPS) is 18.9. The van der Waals surface area contributed by atoms with Crippen molar-refractivity contribution in [3.05, 3.63) is 40.2 Å². The third-order valence-electron chi connectivity index (χ3n) is 3.82. The topological polar surface area (TPSA) is 66.1 Å². The number of hydrogen-bond acceptors (Lipinski definition) is 3. The second-order valence-electron chi connectivity index (χ2n) is 5.23. The number of aromatic nitrogens is 2. The number of benzene rings is 1. The Morgan fingerprint density at radius 2 is 2.05 bits per heavy atom. The molecule has 2 aromatic rings. The molecule has 0 radical (unpaired) electrons. The number of carbonyl (C=O) groups is 1. The molecule has 1 amide bonds. The summed E-state index contributed by atoms with van der Waals surface area (Å²) in [5.74, 6) is -2.31. The van der Waals surface area contributed by atoms with Crippen molar-refractivity contribution in [3.8, 4) is 0 Å². The molecule has 8 heteroatoms. The Morgan fingerprint density at radius 1 is 1.32 bits per heavy atom. The zero-order valence-electron chi connectivity index (χ0n) is 11.4. The lowest BCUT2D eigenvalue weighted by Crippen LogP contribution is -2.35. The van der Waals surface area contributed by atoms with Crippen LogP contribution in [0.3, 0.4) is 0 Å². The van der Waals surface area contributed by atoms with Gasteiger partial charge < -0.3 is 4.90 Å². The zero-order valence-corrected chi connectivity index (χ0v) is 11.4. The Hall–Kier alpha value is -2.38. The fourth-order valence-electron chi connectivity index (χ4n) is 2.58. The number of halogens is 3. The van der Waals surface area contributed by atoms with E-state index in [1.807, 2.05) is 0 Å². The second-order valence-corrected chi connectivity index (χ2v) is 5.23. The van der Waals surface area contributed by atoms with Crippen LogP contribution in [0.4, 0.5) is 13.2 Å². The first-order valence-electron chi connectivity index (χ1n) is 6.71. The smallest absolute Gasteiger partial charge is 0.336 e. The number of likely N-dealkylation sites (tertiary alicyclic amines) is 1. The van der Waals surface area contributed by atoms with Crippen LogP contribution in [0.25, 0.3) is 10.9 Å². The predicted molar refractivity (Wildman–Crippen MR) is 72.4 cm³/mol. The van der Waals surface area contributed by atoms with Gasteiger partial charge in [0.15, 0.2) is 5.69 Å². The van der Waals surface area contributed by atoms with Crippen molar-refractivity contribution in [2.75, 3.05) is 13.1 Å². The molecular weight excluding hydrogens is 299 g/mol. The number of aromatic amines is 1. The number of hydrogen-bond donors (Lipinski definition) is 1. The van der Waals surface area contributed by atoms with Crippen LogP contribution in [0.5, 0.6) is 0 Å². The number of amides is 1. The Morgan fingerprint density at radius 3 is 2.73 bits per heavy atom. The molecule has 1 unspecified atom stereocenters. The zero-order chi connectivity index (χ0) is 15.9. The number of para-hydroxylation sites is 1. The molecule has 1 saturated heterocycles. The van der Waals surface area contributed by atoms with Crippen molar-refractivity contribution >= 4 is 16.8 Å². The molecular formula is C14H12F3N3O2. The molecule has 0 bridgehead atoms. The average molecular weight is 311 g/mol. The van der Waals surface area contributed by atoms with Gasteiger partial charge >= 0.3 is 6.18 Å². The lowest BCUT2D eigenvalue weighted by Gasteiger charge is -2.17. The maximum atomic E-state index is 12.7. The van der Waals surface area contributed by atoms with Crippen LogP contribution in [-0.2, 0) is 0 Å². The van der Waals surface area contributed by atoms with Gasteiger partial charge in [0.05, 0.1) is 11.4 Å². The van der Waals surface area contributed by atoms with Gasteiger partial charge in [0, 0.05) is 18.5 Å². The summed E-state index contributed by atoms with van der Waals surface area (Å²) in [6.07, 6.45) is -4.49. The molecule has 1 fully saturated rings. The highest BCUT2D eigenvalue weighted by molar-refractivity contribution is 5.95. The number of fused-ring (bicyclic) bond motifs is 1. The number of alkyl halides is 3. The van der Waals surface area contributed by atoms with Gasteiger partial charge in [-0.1, -0.05) is 12.1 Å². The van der Waals surface area contributed by atoms with Crippen molar-refractivity contribution in [1.82, 2.24) is 15.1 Å². The molecule has 0 saturated carbocycles. The van der Waals surface area contributed by atoms with Gasteiger partial charge in [0.25, 0.3) is 5.91 Å². The average Bonchev–Trinajstić information content (AvgIpc) is 2.97. The van der Waals surface area contributed by atoms with Crippen LogP contribution in [-0.4, -0.2) is 40.3 Å². The van der Waals surface area contributed by atoms with Crippen molar-refractivity contribution in [2.45, 2.75) is 12.6 Å². The maximum absolute atomic E-state index is 12.7. The van der Waals surface area contributed by atoms with Crippen LogP contribution in [0, 0.1) is 5.92 Å². The molecule has 1 aliphatic rings. The van der Waals surface area contributed by atoms with E-state index in [9.17, 15) is 22.8 Å². The Kier molecular flexibility index (Phi) is 3.38. The van der Waals surface area contributed by atoms with Crippen LogP contribution >= 0.6 is 0 Å². The van der Waals surface area contributed by atoms with Crippen LogP contribution in [0.15, 0.2) is 29.1 Å². The van der Waals surface area contributed by atoms with Gasteiger partial charge in [-0.05, 0) is 18.6 Å². The standard InChI is InChI=1S/C14H12F3N3O2/c15-14(16,17)8-5-6-20(7-8)13(22)11-12(21)9-3-1-2-4-10(9)18-19-11/h1-4,8H,5-7H2,(H,18,21). The van der Waals surface area contributed by atoms with E-state index in [4.69, 9.17) is 0 Å². The van der Waals surface area contributed by atoms with E-state index < -0.39 is 30.0 Å². The summed E-state index contributed by atoms with van der Waals surface area (Å²) in [7, 11) is 0. The summed E-state index contributed by atoms with van der Waals surface area (Å²) in [4.78, 5) is 25.5. The molecule has 5 nitrogen and oxygen atoms in total. The minimum Gasteiger partial charge on any atom is -0.336 e. The van der Waals surface area contributed by atoms with Crippen LogP contribution in [0.2, 0.25) is 0 Å². The first kappa shape index (κ1) is 14.6. The number of nitrogens with zero attached hydrogens (tertiary/aromatic N) is 2. The monoisotopic (exact) mass is 311 g/mol. The fourth-order valence-corrected chi connectivity index (χ4v) is 2.58. The molecule has 1 aromatic heterocycles. The minimum absolute atomic E-state index is 0.0308. The van der Waals surface area contributed by atoms with Gasteiger partial charge in [0.1, 0.15) is 0 Å². The number of H-pyrrole nitrogens is 1. The first-order chi connectivity index (χ1) is 10.4. The van der Waals surface area contributed by atoms with E-state index >= 15 is 0 Å². The molecule has 1 N–H and O–H groups in total. The van der Waals surface area contributed by atoms with E-state index in [0.717, 1.165) is 4.90 Å². The predicted octanol–water partition coefficient (Wildman–Crippen LogP) is 1.95. The quantitative estimate of drug-likeness (QED) is 0.875.